The number of ether oxygens (including phenoxy) is 2. The Morgan fingerprint density at radius 1 is 1.00 bits per heavy atom. The van der Waals surface area contributed by atoms with Gasteiger partial charge < -0.3 is 13.7 Å². The van der Waals surface area contributed by atoms with E-state index in [0.717, 1.165) is 53.4 Å². The van der Waals surface area contributed by atoms with Gasteiger partial charge >= 0.3 is 10.1 Å². The van der Waals surface area contributed by atoms with Gasteiger partial charge in [0.15, 0.2) is 11.5 Å². The summed E-state index contributed by atoms with van der Waals surface area (Å²) < 4.78 is 39.7. The van der Waals surface area contributed by atoms with Gasteiger partial charge in [-0.05, 0) is 82.7 Å². The fourth-order valence-electron chi connectivity index (χ4n) is 5.16. The number of hydrogen-bond acceptors (Lipinski definition) is 6. The Kier molecular flexibility index (Phi) is 3.59. The Bertz CT molecular complexity index is 1280. The highest BCUT2D eigenvalue weighted by atomic mass is 32.2. The fraction of sp³-hybridized carbons (Fsp3) is 0.364. The Morgan fingerprint density at radius 3 is 2.55 bits per heavy atom. The van der Waals surface area contributed by atoms with Crippen molar-refractivity contribution in [2.24, 2.45) is 0 Å². The van der Waals surface area contributed by atoms with Gasteiger partial charge in [-0.1, -0.05) is 6.07 Å². The number of nitrogens with zero attached hydrogens (tertiary/aromatic N) is 1. The van der Waals surface area contributed by atoms with Crippen molar-refractivity contribution in [3.63, 3.8) is 0 Å². The molecule has 0 unspecified atom stereocenters. The topological polar surface area (TPSA) is 65.1 Å². The van der Waals surface area contributed by atoms with Crippen molar-refractivity contribution in [3.05, 3.63) is 41.5 Å². The van der Waals surface area contributed by atoms with Gasteiger partial charge in [0.2, 0.25) is 6.79 Å². The monoisotopic (exact) mass is 411 g/mol. The number of hydrogen-bond donors (Lipinski definition) is 0. The normalized spacial score (nSPS) is 20.8. The van der Waals surface area contributed by atoms with E-state index in [-0.39, 0.29) is 6.79 Å². The van der Waals surface area contributed by atoms with Gasteiger partial charge in [-0.15, -0.1) is 0 Å². The van der Waals surface area contributed by atoms with Crippen LogP contribution in [0.2, 0.25) is 0 Å². The van der Waals surface area contributed by atoms with E-state index in [1.54, 1.807) is 6.07 Å². The van der Waals surface area contributed by atoms with E-state index in [1.807, 2.05) is 18.2 Å². The van der Waals surface area contributed by atoms with Gasteiger partial charge in [-0.25, -0.2) is 0 Å². The van der Waals surface area contributed by atoms with Crippen molar-refractivity contribution in [2.75, 3.05) is 19.6 Å². The summed E-state index contributed by atoms with van der Waals surface area (Å²) >= 11 is 0. The average molecular weight is 411 g/mol. The van der Waals surface area contributed by atoms with Gasteiger partial charge in [0.25, 0.3) is 0 Å². The molecule has 0 N–H and O–H groups in total. The second-order valence-corrected chi connectivity index (χ2v) is 9.75. The molecule has 150 valence electrons. The quantitative estimate of drug-likeness (QED) is 0.474. The van der Waals surface area contributed by atoms with E-state index in [4.69, 9.17) is 13.7 Å². The van der Waals surface area contributed by atoms with Crippen molar-refractivity contribution >= 4 is 31.7 Å². The number of benzene rings is 3. The zero-order valence-electron chi connectivity index (χ0n) is 16.1. The lowest BCUT2D eigenvalue weighted by molar-refractivity contribution is 0.174. The largest absolute Gasteiger partial charge is 0.454 e. The lowest BCUT2D eigenvalue weighted by Crippen LogP contribution is -2.35. The minimum atomic E-state index is -3.59. The maximum absolute atomic E-state index is 11.6. The first-order chi connectivity index (χ1) is 14.0. The van der Waals surface area contributed by atoms with Crippen molar-refractivity contribution in [2.45, 2.75) is 31.8 Å². The molecule has 1 saturated heterocycles. The molecule has 7 heteroatoms. The summed E-state index contributed by atoms with van der Waals surface area (Å²) in [5.41, 5.74) is 2.71. The molecule has 0 bridgehead atoms. The molecule has 0 aromatic heterocycles. The lowest BCUT2D eigenvalue weighted by Gasteiger charge is -2.33. The smallest absolute Gasteiger partial charge is 0.306 e. The summed E-state index contributed by atoms with van der Waals surface area (Å²) in [6, 6.07) is 10.3. The minimum absolute atomic E-state index is 0.225. The van der Waals surface area contributed by atoms with Gasteiger partial charge in [0.05, 0.1) is 6.26 Å². The van der Waals surface area contributed by atoms with E-state index in [9.17, 15) is 8.42 Å². The van der Waals surface area contributed by atoms with Crippen molar-refractivity contribution in [3.8, 4) is 17.2 Å². The number of rotatable bonds is 2. The predicted octanol–water partition coefficient (Wildman–Crippen LogP) is 3.58. The highest BCUT2D eigenvalue weighted by molar-refractivity contribution is 7.86. The Morgan fingerprint density at radius 2 is 1.76 bits per heavy atom. The SMILES string of the molecule is CS(=O)(=O)Oc1ccc2c3c(c4cc5c(cc4c2c1)OCO5)CN1CCC[C@H]1C3. The van der Waals surface area contributed by atoms with Crippen LogP contribution in [0, 0.1) is 0 Å². The van der Waals surface area contributed by atoms with E-state index < -0.39 is 10.1 Å². The molecule has 1 fully saturated rings. The van der Waals surface area contributed by atoms with Gasteiger partial charge in [-0.2, -0.15) is 8.42 Å². The third-order valence-electron chi connectivity index (χ3n) is 6.36. The third-order valence-corrected chi connectivity index (χ3v) is 6.85. The van der Waals surface area contributed by atoms with Crippen LogP contribution >= 0.6 is 0 Å². The molecule has 1 atom stereocenters. The average Bonchev–Trinajstić information content (AvgIpc) is 3.32. The van der Waals surface area contributed by atoms with Crippen LogP contribution < -0.4 is 13.7 Å². The highest BCUT2D eigenvalue weighted by Gasteiger charge is 2.33. The molecule has 3 aliphatic rings. The van der Waals surface area contributed by atoms with Gasteiger partial charge in [-0.3, -0.25) is 4.90 Å². The summed E-state index contributed by atoms with van der Waals surface area (Å²) in [6.45, 7) is 2.31. The van der Waals surface area contributed by atoms with Crippen molar-refractivity contribution in [1.29, 1.82) is 0 Å². The molecule has 3 aromatic carbocycles. The van der Waals surface area contributed by atoms with E-state index in [1.165, 1.54) is 29.4 Å². The molecule has 0 amide bonds. The molecule has 3 aromatic rings. The maximum Gasteiger partial charge on any atom is 0.306 e. The van der Waals surface area contributed by atoms with Crippen LogP contribution in [0.15, 0.2) is 30.3 Å². The fourth-order valence-corrected chi connectivity index (χ4v) is 5.62. The second kappa shape index (κ2) is 6.00. The van der Waals surface area contributed by atoms with Crippen molar-refractivity contribution < 1.29 is 22.1 Å². The molecule has 0 saturated carbocycles. The predicted molar refractivity (Wildman–Crippen MR) is 110 cm³/mol. The Balaban J connectivity index is 1.66. The van der Waals surface area contributed by atoms with E-state index in [0.29, 0.717) is 11.8 Å². The van der Waals surface area contributed by atoms with Crippen LogP contribution in [0.5, 0.6) is 17.2 Å². The zero-order valence-corrected chi connectivity index (χ0v) is 16.9. The van der Waals surface area contributed by atoms with Crippen LogP contribution in [0.1, 0.15) is 24.0 Å². The van der Waals surface area contributed by atoms with Crippen LogP contribution in [-0.4, -0.2) is 39.0 Å². The van der Waals surface area contributed by atoms with Gasteiger partial charge in [0.1, 0.15) is 5.75 Å². The maximum atomic E-state index is 11.6. The standard InChI is InChI=1S/C22H21NO5S/c1-29(24,25)28-14-4-5-15-16-7-13-3-2-6-23(13)11-20(16)19-10-22-21(26-12-27-22)9-18(19)17(15)8-14/h4-5,8-10,13H,2-3,6-7,11-12H2,1H3/t13-/m0/s1. The molecule has 0 radical (unpaired) electrons. The summed E-state index contributed by atoms with van der Waals surface area (Å²) in [4.78, 5) is 2.58. The lowest BCUT2D eigenvalue weighted by atomic mass is 9.85. The molecule has 6 rings (SSSR count). The van der Waals surface area contributed by atoms with Crippen LogP contribution in [0.25, 0.3) is 21.5 Å². The first-order valence-electron chi connectivity index (χ1n) is 9.90. The Labute approximate surface area is 169 Å². The summed E-state index contributed by atoms with van der Waals surface area (Å²) in [5, 5.41) is 4.35. The first-order valence-corrected chi connectivity index (χ1v) is 11.7. The molecule has 0 aliphatic carbocycles. The number of fused-ring (bicyclic) bond motifs is 8. The van der Waals surface area contributed by atoms with Gasteiger partial charge in [0, 0.05) is 12.6 Å². The molecule has 29 heavy (non-hydrogen) atoms. The molecule has 3 aliphatic heterocycles. The molecule has 0 spiro atoms. The first kappa shape index (κ1) is 17.4. The molecule has 3 heterocycles. The van der Waals surface area contributed by atoms with E-state index in [2.05, 4.69) is 11.0 Å². The third kappa shape index (κ3) is 2.75. The Hall–Kier alpha value is -2.51. The summed E-state index contributed by atoms with van der Waals surface area (Å²) in [7, 11) is -3.59. The minimum Gasteiger partial charge on any atom is -0.454 e. The summed E-state index contributed by atoms with van der Waals surface area (Å²) in [5.74, 6) is 1.83. The van der Waals surface area contributed by atoms with Crippen LogP contribution in [-0.2, 0) is 23.1 Å². The van der Waals surface area contributed by atoms with E-state index >= 15 is 0 Å². The second-order valence-electron chi connectivity index (χ2n) is 8.17. The van der Waals surface area contributed by atoms with Crippen LogP contribution in [0.3, 0.4) is 0 Å². The van der Waals surface area contributed by atoms with Crippen LogP contribution in [0.4, 0.5) is 0 Å². The zero-order chi connectivity index (χ0) is 19.8. The molecule has 6 nitrogen and oxygen atoms in total. The highest BCUT2D eigenvalue weighted by Crippen LogP contribution is 2.45. The summed E-state index contributed by atoms with van der Waals surface area (Å²) in [6.07, 6.45) is 4.56. The molecular weight excluding hydrogens is 390 g/mol. The van der Waals surface area contributed by atoms with Crippen molar-refractivity contribution in [1.82, 2.24) is 4.90 Å². The molecular formula is C22H21NO5S.